The first kappa shape index (κ1) is 22.1. The summed E-state index contributed by atoms with van der Waals surface area (Å²) in [5, 5.41) is 9.53. The van der Waals surface area contributed by atoms with E-state index < -0.39 is 29.6 Å². The fourth-order valence-electron chi connectivity index (χ4n) is 3.44. The summed E-state index contributed by atoms with van der Waals surface area (Å²) < 4.78 is 38.8. The standard InChI is InChI=1S/C20H21F3N6O2/c1-4-29(11(3)13-6-5-12(7-10(13)2)20(21,22)23)19(31)18(30)27-15-9-25-17(24)14-8-26-28-16(14)15/h5-9,11H,4H2,1-3H3,(H2,24,25)(H,26,28)(H,27,30)/t11-/m1/s1. The predicted octanol–water partition coefficient (Wildman–Crippen LogP) is 3.42. The lowest BCUT2D eigenvalue weighted by Gasteiger charge is -2.29. The molecule has 0 fully saturated rings. The number of alkyl halides is 3. The number of halogens is 3. The Morgan fingerprint density at radius 3 is 2.61 bits per heavy atom. The van der Waals surface area contributed by atoms with Crippen LogP contribution in [0.15, 0.2) is 30.6 Å². The SMILES string of the molecule is CCN(C(=O)C(=O)Nc1cnc(N)c2cn[nH]c12)[C@H](C)c1ccc(C(F)(F)F)cc1C. The minimum Gasteiger partial charge on any atom is -0.383 e. The predicted molar refractivity (Wildman–Crippen MR) is 109 cm³/mol. The summed E-state index contributed by atoms with van der Waals surface area (Å²) in [4.78, 5) is 30.7. The molecule has 0 unspecified atom stereocenters. The number of H-pyrrole nitrogens is 1. The number of aromatic amines is 1. The van der Waals surface area contributed by atoms with Gasteiger partial charge in [-0.25, -0.2) is 4.98 Å². The number of carbonyl (C=O) groups excluding carboxylic acids is 2. The largest absolute Gasteiger partial charge is 0.416 e. The average Bonchev–Trinajstić information content (AvgIpc) is 3.20. The van der Waals surface area contributed by atoms with Gasteiger partial charge >= 0.3 is 18.0 Å². The summed E-state index contributed by atoms with van der Waals surface area (Å²) in [6.45, 7) is 5.04. The Bertz CT molecular complexity index is 1140. The van der Waals surface area contributed by atoms with Crippen molar-refractivity contribution in [1.29, 1.82) is 0 Å². The zero-order valence-electron chi connectivity index (χ0n) is 17.0. The molecule has 0 spiro atoms. The molecular formula is C20H21F3N6O2. The fourth-order valence-corrected chi connectivity index (χ4v) is 3.44. The van der Waals surface area contributed by atoms with Gasteiger partial charge < -0.3 is 16.0 Å². The van der Waals surface area contributed by atoms with E-state index in [-0.39, 0.29) is 18.1 Å². The van der Waals surface area contributed by atoms with Gasteiger partial charge in [-0.2, -0.15) is 18.3 Å². The van der Waals surface area contributed by atoms with Crippen LogP contribution in [0.4, 0.5) is 24.7 Å². The van der Waals surface area contributed by atoms with Crippen molar-refractivity contribution in [3.63, 3.8) is 0 Å². The molecule has 4 N–H and O–H groups in total. The van der Waals surface area contributed by atoms with E-state index in [9.17, 15) is 22.8 Å². The van der Waals surface area contributed by atoms with Crippen molar-refractivity contribution in [1.82, 2.24) is 20.1 Å². The number of amides is 2. The van der Waals surface area contributed by atoms with E-state index in [4.69, 9.17) is 5.73 Å². The number of nitrogens with zero attached hydrogens (tertiary/aromatic N) is 3. The molecule has 0 aliphatic rings. The van der Waals surface area contributed by atoms with Gasteiger partial charge in [-0.05, 0) is 44.0 Å². The van der Waals surface area contributed by atoms with Gasteiger partial charge in [-0.3, -0.25) is 14.7 Å². The number of fused-ring (bicyclic) bond motifs is 1. The highest BCUT2D eigenvalue weighted by atomic mass is 19.4. The second kappa shape index (κ2) is 8.25. The van der Waals surface area contributed by atoms with Gasteiger partial charge in [-0.1, -0.05) is 6.07 Å². The van der Waals surface area contributed by atoms with Crippen LogP contribution in [0.3, 0.4) is 0 Å². The van der Waals surface area contributed by atoms with Crippen molar-refractivity contribution in [2.24, 2.45) is 0 Å². The lowest BCUT2D eigenvalue weighted by molar-refractivity contribution is -0.144. The Hall–Kier alpha value is -3.63. The summed E-state index contributed by atoms with van der Waals surface area (Å²) in [5.74, 6) is -1.53. The first-order chi connectivity index (χ1) is 14.5. The van der Waals surface area contributed by atoms with E-state index in [2.05, 4.69) is 20.5 Å². The average molecular weight is 434 g/mol. The summed E-state index contributed by atoms with van der Waals surface area (Å²) >= 11 is 0. The van der Waals surface area contributed by atoms with Gasteiger partial charge in [0.05, 0.1) is 40.6 Å². The third-order valence-corrected chi connectivity index (χ3v) is 5.08. The number of hydrogen-bond acceptors (Lipinski definition) is 5. The van der Waals surface area contributed by atoms with Crippen molar-refractivity contribution in [2.45, 2.75) is 33.0 Å². The van der Waals surface area contributed by atoms with Gasteiger partial charge in [0, 0.05) is 6.54 Å². The van der Waals surface area contributed by atoms with E-state index in [0.717, 1.165) is 12.1 Å². The van der Waals surface area contributed by atoms with Gasteiger partial charge in [0.25, 0.3) is 0 Å². The van der Waals surface area contributed by atoms with Crippen molar-refractivity contribution in [2.75, 3.05) is 17.6 Å². The quantitative estimate of drug-likeness (QED) is 0.544. The molecule has 1 atom stereocenters. The Labute approximate surface area is 175 Å². The highest BCUT2D eigenvalue weighted by Crippen LogP contribution is 2.33. The lowest BCUT2D eigenvalue weighted by Crippen LogP contribution is -2.41. The molecule has 0 aliphatic heterocycles. The van der Waals surface area contributed by atoms with Crippen molar-refractivity contribution in [3.05, 3.63) is 47.3 Å². The highest BCUT2D eigenvalue weighted by Gasteiger charge is 2.32. The Morgan fingerprint density at radius 1 is 1.29 bits per heavy atom. The van der Waals surface area contributed by atoms with Crippen LogP contribution in [0.25, 0.3) is 10.9 Å². The van der Waals surface area contributed by atoms with Crippen LogP contribution in [0.2, 0.25) is 0 Å². The van der Waals surface area contributed by atoms with E-state index >= 15 is 0 Å². The van der Waals surface area contributed by atoms with E-state index in [1.165, 1.54) is 30.3 Å². The number of anilines is 2. The molecule has 2 aromatic heterocycles. The van der Waals surface area contributed by atoms with Crippen LogP contribution in [-0.4, -0.2) is 38.4 Å². The van der Waals surface area contributed by atoms with Gasteiger partial charge in [-0.15, -0.1) is 0 Å². The number of rotatable bonds is 4. The maximum absolute atomic E-state index is 12.9. The number of pyridine rings is 1. The fraction of sp³-hybridized carbons (Fsp3) is 0.300. The Kier molecular flexibility index (Phi) is 5.87. The van der Waals surface area contributed by atoms with Crippen LogP contribution in [0.1, 0.15) is 36.6 Å². The first-order valence-corrected chi connectivity index (χ1v) is 9.41. The molecule has 31 heavy (non-hydrogen) atoms. The molecule has 8 nitrogen and oxygen atoms in total. The number of aryl methyl sites for hydroxylation is 1. The molecule has 0 bridgehead atoms. The zero-order valence-corrected chi connectivity index (χ0v) is 17.0. The summed E-state index contributed by atoms with van der Waals surface area (Å²) in [6, 6.07) is 2.70. The number of carbonyl (C=O) groups is 2. The van der Waals surface area contributed by atoms with Crippen LogP contribution in [-0.2, 0) is 15.8 Å². The molecule has 3 aromatic rings. The normalized spacial score (nSPS) is 12.6. The minimum atomic E-state index is -4.46. The molecule has 0 aliphatic carbocycles. The molecule has 2 heterocycles. The number of hydrogen-bond donors (Lipinski definition) is 3. The van der Waals surface area contributed by atoms with Crippen molar-refractivity contribution >= 4 is 34.2 Å². The number of likely N-dealkylation sites (N-methyl/N-ethyl adjacent to an activating group) is 1. The van der Waals surface area contributed by atoms with E-state index in [0.29, 0.717) is 22.0 Å². The molecule has 1 aromatic carbocycles. The number of benzene rings is 1. The van der Waals surface area contributed by atoms with Crippen molar-refractivity contribution < 1.29 is 22.8 Å². The monoisotopic (exact) mass is 434 g/mol. The second-order valence-corrected chi connectivity index (χ2v) is 7.01. The minimum absolute atomic E-state index is 0.174. The number of nitrogens with two attached hydrogens (primary N) is 1. The smallest absolute Gasteiger partial charge is 0.383 e. The first-order valence-electron chi connectivity index (χ1n) is 9.41. The number of nitrogens with one attached hydrogen (secondary N) is 2. The molecular weight excluding hydrogens is 413 g/mol. The second-order valence-electron chi connectivity index (χ2n) is 7.01. The highest BCUT2D eigenvalue weighted by molar-refractivity contribution is 6.40. The maximum Gasteiger partial charge on any atom is 0.416 e. The summed E-state index contributed by atoms with van der Waals surface area (Å²) in [6.07, 6.45) is -1.71. The lowest BCUT2D eigenvalue weighted by atomic mass is 9.98. The van der Waals surface area contributed by atoms with E-state index in [1.54, 1.807) is 13.8 Å². The topological polar surface area (TPSA) is 117 Å². The van der Waals surface area contributed by atoms with Crippen molar-refractivity contribution in [3.8, 4) is 0 Å². The number of nitrogen functional groups attached to an aromatic ring is 1. The third-order valence-electron chi connectivity index (χ3n) is 5.08. The molecule has 11 heteroatoms. The summed E-state index contributed by atoms with van der Waals surface area (Å²) in [5.41, 5.74) is 6.52. The van der Waals surface area contributed by atoms with Gasteiger partial charge in [0.1, 0.15) is 5.82 Å². The number of aromatic nitrogens is 3. The molecule has 0 saturated heterocycles. The Morgan fingerprint density at radius 2 is 2.00 bits per heavy atom. The maximum atomic E-state index is 12.9. The molecule has 0 radical (unpaired) electrons. The zero-order chi connectivity index (χ0) is 22.9. The summed E-state index contributed by atoms with van der Waals surface area (Å²) in [7, 11) is 0. The third kappa shape index (κ3) is 4.30. The Balaban J connectivity index is 1.83. The van der Waals surface area contributed by atoms with Crippen LogP contribution in [0, 0.1) is 6.92 Å². The molecule has 164 valence electrons. The van der Waals surface area contributed by atoms with E-state index in [1.807, 2.05) is 0 Å². The van der Waals surface area contributed by atoms with Gasteiger partial charge in [0.2, 0.25) is 0 Å². The van der Waals surface area contributed by atoms with Crippen LogP contribution in [0.5, 0.6) is 0 Å². The van der Waals surface area contributed by atoms with Gasteiger partial charge in [0.15, 0.2) is 0 Å². The van der Waals surface area contributed by atoms with Crippen LogP contribution >= 0.6 is 0 Å². The molecule has 3 rings (SSSR count). The molecule has 2 amide bonds. The molecule has 0 saturated carbocycles. The van der Waals surface area contributed by atoms with Crippen LogP contribution < -0.4 is 11.1 Å².